The lowest BCUT2D eigenvalue weighted by atomic mass is 10.1. The standard InChI is InChI=1S/C13H10N2O3/c1-7-3-8(6-14)12-9(4-7)11(16)5-10(15-12)13(17)18-2/h3-5H,1-2H3,(H,15,16). The first-order valence-electron chi connectivity index (χ1n) is 5.23. The van der Waals surface area contributed by atoms with Crippen LogP contribution in [-0.4, -0.2) is 18.1 Å². The van der Waals surface area contributed by atoms with Gasteiger partial charge in [-0.3, -0.25) is 4.79 Å². The van der Waals surface area contributed by atoms with Gasteiger partial charge in [0, 0.05) is 11.5 Å². The Kier molecular flexibility index (Phi) is 2.86. The number of nitriles is 1. The minimum Gasteiger partial charge on any atom is -0.464 e. The Morgan fingerprint density at radius 3 is 2.72 bits per heavy atom. The van der Waals surface area contributed by atoms with E-state index >= 15 is 0 Å². The van der Waals surface area contributed by atoms with Crippen molar-refractivity contribution in [3.8, 4) is 6.07 Å². The van der Waals surface area contributed by atoms with Crippen LogP contribution in [0.5, 0.6) is 0 Å². The number of carbonyl (C=O) groups excluding carboxylic acids is 1. The fourth-order valence-electron chi connectivity index (χ4n) is 1.80. The minimum absolute atomic E-state index is 0.0374. The SMILES string of the molecule is COC(=O)c1cc(=O)c2cc(C)cc(C#N)c2[nH]1. The Labute approximate surface area is 103 Å². The van der Waals surface area contributed by atoms with E-state index < -0.39 is 5.97 Å². The Balaban J connectivity index is 2.88. The number of rotatable bonds is 1. The Morgan fingerprint density at radius 2 is 2.11 bits per heavy atom. The number of aromatic amines is 1. The molecule has 0 unspecified atom stereocenters. The van der Waals surface area contributed by atoms with E-state index in [-0.39, 0.29) is 11.1 Å². The highest BCUT2D eigenvalue weighted by Crippen LogP contribution is 2.16. The second-order valence-electron chi connectivity index (χ2n) is 3.89. The van der Waals surface area contributed by atoms with Gasteiger partial charge in [0.25, 0.3) is 0 Å². The van der Waals surface area contributed by atoms with E-state index in [2.05, 4.69) is 9.72 Å². The number of esters is 1. The van der Waals surface area contributed by atoms with Crippen LogP contribution in [0.15, 0.2) is 23.0 Å². The molecule has 0 aliphatic rings. The maximum absolute atomic E-state index is 11.9. The summed E-state index contributed by atoms with van der Waals surface area (Å²) >= 11 is 0. The van der Waals surface area contributed by atoms with E-state index in [1.165, 1.54) is 13.2 Å². The summed E-state index contributed by atoms with van der Waals surface area (Å²) < 4.78 is 4.55. The van der Waals surface area contributed by atoms with Crippen molar-refractivity contribution in [3.63, 3.8) is 0 Å². The zero-order chi connectivity index (χ0) is 13.3. The highest BCUT2D eigenvalue weighted by molar-refractivity contribution is 5.92. The van der Waals surface area contributed by atoms with Crippen LogP contribution in [0.4, 0.5) is 0 Å². The molecule has 1 aromatic carbocycles. The van der Waals surface area contributed by atoms with Crippen molar-refractivity contribution < 1.29 is 9.53 Å². The molecule has 18 heavy (non-hydrogen) atoms. The summed E-state index contributed by atoms with van der Waals surface area (Å²) in [7, 11) is 1.23. The summed E-state index contributed by atoms with van der Waals surface area (Å²) in [5.41, 5.74) is 1.22. The van der Waals surface area contributed by atoms with E-state index in [1.807, 2.05) is 6.07 Å². The van der Waals surface area contributed by atoms with Gasteiger partial charge in [0.2, 0.25) is 0 Å². The number of aryl methyl sites for hydroxylation is 1. The molecule has 1 aromatic heterocycles. The number of pyridine rings is 1. The van der Waals surface area contributed by atoms with Crippen molar-refractivity contribution in [1.82, 2.24) is 4.98 Å². The molecule has 5 nitrogen and oxygen atoms in total. The first kappa shape index (κ1) is 11.9. The van der Waals surface area contributed by atoms with E-state index in [9.17, 15) is 9.59 Å². The summed E-state index contributed by atoms with van der Waals surface area (Å²) in [5.74, 6) is -0.640. The smallest absolute Gasteiger partial charge is 0.354 e. The number of nitrogens with one attached hydrogen (secondary N) is 1. The van der Waals surface area contributed by atoms with Gasteiger partial charge in [0.05, 0.1) is 18.2 Å². The normalized spacial score (nSPS) is 10.1. The molecular formula is C13H10N2O3. The minimum atomic E-state index is -0.640. The number of aromatic nitrogens is 1. The van der Waals surface area contributed by atoms with Gasteiger partial charge in [0.15, 0.2) is 5.43 Å². The van der Waals surface area contributed by atoms with Crippen molar-refractivity contribution in [3.05, 3.63) is 45.2 Å². The maximum Gasteiger partial charge on any atom is 0.354 e. The van der Waals surface area contributed by atoms with Crippen LogP contribution < -0.4 is 5.43 Å². The van der Waals surface area contributed by atoms with E-state index in [0.29, 0.717) is 16.5 Å². The average molecular weight is 242 g/mol. The zero-order valence-corrected chi connectivity index (χ0v) is 9.90. The zero-order valence-electron chi connectivity index (χ0n) is 9.90. The van der Waals surface area contributed by atoms with Crippen molar-refractivity contribution in [2.45, 2.75) is 6.92 Å². The summed E-state index contributed by atoms with van der Waals surface area (Å²) in [4.78, 5) is 26.1. The van der Waals surface area contributed by atoms with Gasteiger partial charge in [-0.05, 0) is 24.6 Å². The lowest BCUT2D eigenvalue weighted by Crippen LogP contribution is -2.12. The molecule has 0 bridgehead atoms. The van der Waals surface area contributed by atoms with Crippen LogP contribution in [0, 0.1) is 18.3 Å². The second kappa shape index (κ2) is 4.34. The Bertz CT molecular complexity index is 738. The molecule has 1 heterocycles. The Morgan fingerprint density at radius 1 is 1.39 bits per heavy atom. The number of carbonyl (C=O) groups is 1. The van der Waals surface area contributed by atoms with Gasteiger partial charge in [-0.25, -0.2) is 4.79 Å². The van der Waals surface area contributed by atoms with E-state index in [0.717, 1.165) is 5.56 Å². The fraction of sp³-hybridized carbons (Fsp3) is 0.154. The first-order chi connectivity index (χ1) is 8.56. The first-order valence-corrected chi connectivity index (χ1v) is 5.23. The van der Waals surface area contributed by atoms with Crippen molar-refractivity contribution in [2.75, 3.05) is 7.11 Å². The predicted octanol–water partition coefficient (Wildman–Crippen LogP) is 1.49. The van der Waals surface area contributed by atoms with Gasteiger partial charge in [-0.1, -0.05) is 0 Å². The number of hydrogen-bond acceptors (Lipinski definition) is 4. The van der Waals surface area contributed by atoms with Crippen LogP contribution >= 0.6 is 0 Å². The molecule has 5 heteroatoms. The van der Waals surface area contributed by atoms with Gasteiger partial charge in [0.1, 0.15) is 11.8 Å². The molecule has 0 saturated carbocycles. The number of fused-ring (bicyclic) bond motifs is 1. The molecule has 0 spiro atoms. The lowest BCUT2D eigenvalue weighted by Gasteiger charge is -2.05. The summed E-state index contributed by atoms with van der Waals surface area (Å²) in [6.45, 7) is 1.80. The summed E-state index contributed by atoms with van der Waals surface area (Å²) in [6, 6.07) is 6.50. The van der Waals surface area contributed by atoms with Crippen LogP contribution in [0.25, 0.3) is 10.9 Å². The predicted molar refractivity (Wildman–Crippen MR) is 65.4 cm³/mol. The monoisotopic (exact) mass is 242 g/mol. The molecule has 0 saturated heterocycles. The number of ether oxygens (including phenoxy) is 1. The van der Waals surface area contributed by atoms with E-state index in [1.54, 1.807) is 19.1 Å². The van der Waals surface area contributed by atoms with Gasteiger partial charge in [-0.2, -0.15) is 5.26 Å². The molecule has 0 aliphatic heterocycles. The lowest BCUT2D eigenvalue weighted by molar-refractivity contribution is 0.0594. The molecule has 2 rings (SSSR count). The number of hydrogen-bond donors (Lipinski definition) is 1. The van der Waals surface area contributed by atoms with Crippen LogP contribution in [-0.2, 0) is 4.74 Å². The fourth-order valence-corrected chi connectivity index (χ4v) is 1.80. The molecule has 0 radical (unpaired) electrons. The largest absolute Gasteiger partial charge is 0.464 e. The van der Waals surface area contributed by atoms with Crippen molar-refractivity contribution in [2.24, 2.45) is 0 Å². The molecule has 0 atom stereocenters. The van der Waals surface area contributed by atoms with E-state index in [4.69, 9.17) is 5.26 Å². The molecule has 0 aliphatic carbocycles. The average Bonchev–Trinajstić information content (AvgIpc) is 2.37. The number of benzene rings is 1. The molecule has 2 aromatic rings. The second-order valence-corrected chi connectivity index (χ2v) is 3.89. The highest BCUT2D eigenvalue weighted by Gasteiger charge is 2.12. The number of methoxy groups -OCH3 is 1. The van der Waals surface area contributed by atoms with Crippen LogP contribution in [0.3, 0.4) is 0 Å². The summed E-state index contributed by atoms with van der Waals surface area (Å²) in [6.07, 6.45) is 0. The molecular weight excluding hydrogens is 232 g/mol. The maximum atomic E-state index is 11.9. The number of H-pyrrole nitrogens is 1. The third kappa shape index (κ3) is 1.84. The van der Waals surface area contributed by atoms with Gasteiger partial charge in [-0.15, -0.1) is 0 Å². The van der Waals surface area contributed by atoms with Gasteiger partial charge >= 0.3 is 5.97 Å². The highest BCUT2D eigenvalue weighted by atomic mass is 16.5. The van der Waals surface area contributed by atoms with Crippen molar-refractivity contribution >= 4 is 16.9 Å². The number of nitrogens with zero attached hydrogens (tertiary/aromatic N) is 1. The molecule has 90 valence electrons. The molecule has 0 fully saturated rings. The van der Waals surface area contributed by atoms with Crippen LogP contribution in [0.1, 0.15) is 21.6 Å². The third-order valence-corrected chi connectivity index (χ3v) is 2.61. The topological polar surface area (TPSA) is 82.9 Å². The summed E-state index contributed by atoms with van der Waals surface area (Å²) in [5, 5.41) is 9.44. The van der Waals surface area contributed by atoms with Gasteiger partial charge < -0.3 is 9.72 Å². The molecule has 1 N–H and O–H groups in total. The van der Waals surface area contributed by atoms with Crippen LogP contribution in [0.2, 0.25) is 0 Å². The quantitative estimate of drug-likeness (QED) is 0.768. The van der Waals surface area contributed by atoms with Crippen molar-refractivity contribution in [1.29, 1.82) is 5.26 Å². The third-order valence-electron chi connectivity index (χ3n) is 2.61. The molecule has 0 amide bonds. The Hall–Kier alpha value is -2.61.